The van der Waals surface area contributed by atoms with E-state index in [-0.39, 0.29) is 0 Å². The van der Waals surface area contributed by atoms with Crippen molar-refractivity contribution in [2.24, 2.45) is 5.10 Å². The van der Waals surface area contributed by atoms with Gasteiger partial charge >= 0.3 is 0 Å². The molecule has 0 aliphatic heterocycles. The molecule has 0 saturated heterocycles. The molecule has 1 aromatic heterocycles. The Bertz CT molecular complexity index is 913. The van der Waals surface area contributed by atoms with E-state index in [4.69, 9.17) is 21.7 Å². The topological polar surface area (TPSA) is 64.4 Å². The van der Waals surface area contributed by atoms with E-state index < -0.39 is 0 Å². The van der Waals surface area contributed by atoms with Gasteiger partial charge in [-0.15, -0.1) is 0 Å². The number of H-pyrrole nitrogens is 1. The lowest BCUT2D eigenvalue weighted by Crippen LogP contribution is -1.95. The van der Waals surface area contributed by atoms with Crippen molar-refractivity contribution < 1.29 is 9.47 Å². The fourth-order valence-corrected chi connectivity index (χ4v) is 2.35. The van der Waals surface area contributed by atoms with E-state index >= 15 is 0 Å². The van der Waals surface area contributed by atoms with Crippen molar-refractivity contribution in [3.05, 3.63) is 58.9 Å². The minimum Gasteiger partial charge on any atom is -0.497 e. The largest absolute Gasteiger partial charge is 0.497 e. The second-order valence-corrected chi connectivity index (χ2v) is 5.30. The van der Waals surface area contributed by atoms with Crippen LogP contribution in [0.5, 0.6) is 11.5 Å². The third kappa shape index (κ3) is 3.36. The van der Waals surface area contributed by atoms with Gasteiger partial charge in [0.1, 0.15) is 11.5 Å². The third-order valence-corrected chi connectivity index (χ3v) is 3.68. The number of aromatic amines is 1. The molecule has 7 heteroatoms. The maximum absolute atomic E-state index is 5.27. The monoisotopic (exact) mass is 340 g/mol. The molecule has 0 bridgehead atoms. The van der Waals surface area contributed by atoms with Gasteiger partial charge in [0.05, 0.1) is 20.4 Å². The molecule has 122 valence electrons. The molecule has 0 saturated carbocycles. The molecule has 0 amide bonds. The molecule has 0 spiro atoms. The Morgan fingerprint density at radius 2 is 1.83 bits per heavy atom. The zero-order valence-electron chi connectivity index (χ0n) is 13.3. The van der Waals surface area contributed by atoms with Crippen LogP contribution in [-0.2, 0) is 0 Å². The number of hydrogen-bond acceptors (Lipinski definition) is 5. The summed E-state index contributed by atoms with van der Waals surface area (Å²) in [5.41, 5.74) is 1.78. The molecule has 6 nitrogen and oxygen atoms in total. The summed E-state index contributed by atoms with van der Waals surface area (Å²) in [7, 11) is 3.26. The van der Waals surface area contributed by atoms with E-state index in [1.165, 1.54) is 0 Å². The highest BCUT2D eigenvalue weighted by atomic mass is 32.1. The first-order valence-electron chi connectivity index (χ1n) is 7.21. The van der Waals surface area contributed by atoms with E-state index in [0.29, 0.717) is 10.6 Å². The van der Waals surface area contributed by atoms with Crippen LogP contribution in [0.4, 0.5) is 0 Å². The number of hydrogen-bond donors (Lipinski definition) is 1. The van der Waals surface area contributed by atoms with Crippen molar-refractivity contribution in [2.45, 2.75) is 0 Å². The van der Waals surface area contributed by atoms with Crippen LogP contribution in [0.2, 0.25) is 0 Å². The molecule has 0 atom stereocenters. The first-order valence-corrected chi connectivity index (χ1v) is 7.62. The molecule has 0 unspecified atom stereocenters. The van der Waals surface area contributed by atoms with Gasteiger partial charge in [0.2, 0.25) is 4.77 Å². The summed E-state index contributed by atoms with van der Waals surface area (Å²) in [5.74, 6) is 2.17. The van der Waals surface area contributed by atoms with Crippen molar-refractivity contribution in [1.82, 2.24) is 14.9 Å². The fraction of sp³-hybridized carbons (Fsp3) is 0.118. The summed E-state index contributed by atoms with van der Waals surface area (Å²) in [5, 5.41) is 11.5. The fourth-order valence-electron chi connectivity index (χ4n) is 2.17. The highest BCUT2D eigenvalue weighted by molar-refractivity contribution is 7.71. The first kappa shape index (κ1) is 15.9. The van der Waals surface area contributed by atoms with Gasteiger partial charge in [0.15, 0.2) is 5.82 Å². The van der Waals surface area contributed by atoms with Crippen LogP contribution >= 0.6 is 12.2 Å². The lowest BCUT2D eigenvalue weighted by atomic mass is 10.2. The minimum absolute atomic E-state index is 0.417. The smallest absolute Gasteiger partial charge is 0.216 e. The van der Waals surface area contributed by atoms with Gasteiger partial charge in [-0.2, -0.15) is 14.9 Å². The van der Waals surface area contributed by atoms with Gasteiger partial charge in [-0.25, -0.2) is 5.10 Å². The maximum atomic E-state index is 5.27. The van der Waals surface area contributed by atoms with Crippen LogP contribution in [-0.4, -0.2) is 35.3 Å². The number of benzene rings is 2. The van der Waals surface area contributed by atoms with Gasteiger partial charge in [-0.3, -0.25) is 0 Å². The summed E-state index contributed by atoms with van der Waals surface area (Å²) in [6.45, 7) is 0. The predicted octanol–water partition coefficient (Wildman–Crippen LogP) is 3.51. The molecule has 3 aromatic rings. The van der Waals surface area contributed by atoms with E-state index in [2.05, 4.69) is 15.3 Å². The number of aromatic nitrogens is 3. The number of rotatable bonds is 5. The van der Waals surface area contributed by atoms with Crippen molar-refractivity contribution in [2.75, 3.05) is 14.2 Å². The molecule has 1 heterocycles. The standard InChI is InChI=1S/C17H16N4O2S/c1-22-14-8-6-13(7-9-14)16-19-20-17(24)21(16)18-11-12-4-3-5-15(10-12)23-2/h3-11H,1-2H3,(H,20,24). The van der Waals surface area contributed by atoms with Gasteiger partial charge in [-0.1, -0.05) is 12.1 Å². The lowest BCUT2D eigenvalue weighted by molar-refractivity contribution is 0.414. The van der Waals surface area contributed by atoms with Crippen molar-refractivity contribution in [3.63, 3.8) is 0 Å². The second kappa shape index (κ2) is 7.10. The molecule has 0 radical (unpaired) electrons. The number of ether oxygens (including phenoxy) is 2. The summed E-state index contributed by atoms with van der Waals surface area (Å²) >= 11 is 5.27. The zero-order chi connectivity index (χ0) is 16.9. The summed E-state index contributed by atoms with van der Waals surface area (Å²) in [4.78, 5) is 0. The molecule has 0 fully saturated rings. The van der Waals surface area contributed by atoms with E-state index in [1.807, 2.05) is 48.5 Å². The number of nitrogens with one attached hydrogen (secondary N) is 1. The van der Waals surface area contributed by atoms with Crippen LogP contribution in [0, 0.1) is 4.77 Å². The highest BCUT2D eigenvalue weighted by Gasteiger charge is 2.08. The number of methoxy groups -OCH3 is 2. The quantitative estimate of drug-likeness (QED) is 0.570. The van der Waals surface area contributed by atoms with Crippen LogP contribution in [0.3, 0.4) is 0 Å². The predicted molar refractivity (Wildman–Crippen MR) is 95.4 cm³/mol. The van der Waals surface area contributed by atoms with Gasteiger partial charge < -0.3 is 9.47 Å². The minimum atomic E-state index is 0.417. The van der Waals surface area contributed by atoms with Gasteiger partial charge in [0.25, 0.3) is 0 Å². The SMILES string of the molecule is COc1ccc(-c2n[nH]c(=S)n2N=Cc2cccc(OC)c2)cc1. The Hall–Kier alpha value is -2.93. The van der Waals surface area contributed by atoms with Crippen molar-refractivity contribution in [3.8, 4) is 22.9 Å². The average molecular weight is 340 g/mol. The molecule has 0 aliphatic carbocycles. The number of nitrogens with zero attached hydrogens (tertiary/aromatic N) is 3. The second-order valence-electron chi connectivity index (χ2n) is 4.91. The highest BCUT2D eigenvalue weighted by Crippen LogP contribution is 2.21. The van der Waals surface area contributed by atoms with Crippen molar-refractivity contribution >= 4 is 18.4 Å². The summed E-state index contributed by atoms with van der Waals surface area (Å²) < 4.78 is 12.4. The average Bonchev–Trinajstić information content (AvgIpc) is 3.01. The van der Waals surface area contributed by atoms with Crippen LogP contribution in [0.25, 0.3) is 11.4 Å². The molecule has 1 N–H and O–H groups in total. The summed E-state index contributed by atoms with van der Waals surface area (Å²) in [6.07, 6.45) is 1.71. The van der Waals surface area contributed by atoms with Gasteiger partial charge in [0, 0.05) is 5.56 Å². The first-order chi connectivity index (χ1) is 11.7. The Balaban J connectivity index is 1.94. The Morgan fingerprint density at radius 1 is 1.08 bits per heavy atom. The Kier molecular flexibility index (Phi) is 4.72. The Labute approximate surface area is 144 Å². The van der Waals surface area contributed by atoms with E-state index in [0.717, 1.165) is 22.6 Å². The summed E-state index contributed by atoms with van der Waals surface area (Å²) in [6, 6.07) is 15.1. The van der Waals surface area contributed by atoms with Crippen molar-refractivity contribution in [1.29, 1.82) is 0 Å². The lowest BCUT2D eigenvalue weighted by Gasteiger charge is -2.03. The molecule has 0 aliphatic rings. The molecular weight excluding hydrogens is 324 g/mol. The molecule has 2 aromatic carbocycles. The molecule has 3 rings (SSSR count). The van der Waals surface area contributed by atoms with Crippen LogP contribution < -0.4 is 9.47 Å². The van der Waals surface area contributed by atoms with E-state index in [9.17, 15) is 0 Å². The maximum Gasteiger partial charge on any atom is 0.216 e. The Morgan fingerprint density at radius 3 is 2.54 bits per heavy atom. The molecule has 24 heavy (non-hydrogen) atoms. The third-order valence-electron chi connectivity index (χ3n) is 3.41. The van der Waals surface area contributed by atoms with E-state index in [1.54, 1.807) is 25.1 Å². The zero-order valence-corrected chi connectivity index (χ0v) is 14.1. The van der Waals surface area contributed by atoms with Crippen LogP contribution in [0.15, 0.2) is 53.6 Å². The van der Waals surface area contributed by atoms with Crippen LogP contribution in [0.1, 0.15) is 5.56 Å². The van der Waals surface area contributed by atoms with Gasteiger partial charge in [-0.05, 0) is 54.2 Å². The normalized spacial score (nSPS) is 10.9. The molecular formula is C17H16N4O2S.